The summed E-state index contributed by atoms with van der Waals surface area (Å²) in [5.41, 5.74) is 4.26. The van der Waals surface area contributed by atoms with E-state index in [0.717, 1.165) is 42.6 Å². The van der Waals surface area contributed by atoms with Crippen LogP contribution >= 0.6 is 22.6 Å². The largest absolute Gasteiger partial charge is 0.490 e. The van der Waals surface area contributed by atoms with Crippen LogP contribution in [-0.2, 0) is 14.4 Å². The molecule has 0 spiro atoms. The van der Waals surface area contributed by atoms with Crippen LogP contribution in [-0.4, -0.2) is 47.8 Å². The van der Waals surface area contributed by atoms with Crippen LogP contribution in [0.25, 0.3) is 0 Å². The van der Waals surface area contributed by atoms with Gasteiger partial charge >= 0.3 is 5.97 Å². The number of carbonyl (C=O) groups excluding carboxylic acids is 2. The van der Waals surface area contributed by atoms with E-state index in [-0.39, 0.29) is 11.6 Å². The summed E-state index contributed by atoms with van der Waals surface area (Å²) in [4.78, 5) is 39.4. The molecule has 0 aromatic heterocycles. The van der Waals surface area contributed by atoms with Crippen LogP contribution in [0.15, 0.2) is 34.7 Å². The molecular weight excluding hydrogens is 525 g/mol. The number of carbonyl (C=O) groups is 3. The third-order valence-corrected chi connectivity index (χ3v) is 7.05. The third-order valence-electron chi connectivity index (χ3n) is 6.25. The fourth-order valence-corrected chi connectivity index (χ4v) is 5.76. The van der Waals surface area contributed by atoms with E-state index in [4.69, 9.17) is 14.6 Å². The Balaban J connectivity index is 1.89. The summed E-state index contributed by atoms with van der Waals surface area (Å²) in [6, 6.07) is 3.69. The van der Waals surface area contributed by atoms with Gasteiger partial charge in [0, 0.05) is 48.3 Å². The Morgan fingerprint density at radius 1 is 1.06 bits per heavy atom. The Kier molecular flexibility index (Phi) is 6.60. The number of halogens is 1. The second kappa shape index (κ2) is 9.25. The number of carboxylic acid groups (broad SMARTS) is 1. The Hall–Kier alpha value is -2.36. The number of benzene rings is 1. The standard InChI is InChI=1S/C24H26INO6/c1-3-31-19-11-13(10-14(25)24(19)32-12-20(29)30)21-22-15(6-4-8-17(22)27)26(2)16-7-5-9-18(28)23(16)21/h10-11,21H,3-9,12H2,1-2H3,(H,29,30). The second-order valence-electron chi connectivity index (χ2n) is 8.21. The van der Waals surface area contributed by atoms with Crippen LogP contribution in [0.3, 0.4) is 0 Å². The molecule has 3 aliphatic rings. The van der Waals surface area contributed by atoms with Crippen LogP contribution in [0, 0.1) is 3.57 Å². The van der Waals surface area contributed by atoms with Crippen LogP contribution in [0.2, 0.25) is 0 Å². The van der Waals surface area contributed by atoms with Crippen molar-refractivity contribution >= 4 is 40.1 Å². The summed E-state index contributed by atoms with van der Waals surface area (Å²) in [6.07, 6.45) is 4.22. The maximum absolute atomic E-state index is 13.1. The highest BCUT2D eigenvalue weighted by atomic mass is 127. The van der Waals surface area contributed by atoms with Crippen LogP contribution in [0.1, 0.15) is 56.9 Å². The molecule has 1 aromatic carbocycles. The molecule has 8 heteroatoms. The van der Waals surface area contributed by atoms with Gasteiger partial charge in [-0.15, -0.1) is 0 Å². The van der Waals surface area contributed by atoms with Gasteiger partial charge in [-0.05, 0) is 72.9 Å². The fourth-order valence-electron chi connectivity index (χ4n) is 4.98. The molecule has 32 heavy (non-hydrogen) atoms. The van der Waals surface area contributed by atoms with Crippen LogP contribution in [0.4, 0.5) is 0 Å². The van der Waals surface area contributed by atoms with Crippen LogP contribution in [0.5, 0.6) is 11.5 Å². The molecule has 0 saturated carbocycles. The highest BCUT2D eigenvalue weighted by molar-refractivity contribution is 14.1. The van der Waals surface area contributed by atoms with Gasteiger partial charge < -0.3 is 19.5 Å². The van der Waals surface area contributed by atoms with Crippen molar-refractivity contribution in [1.82, 2.24) is 4.90 Å². The van der Waals surface area contributed by atoms with E-state index in [9.17, 15) is 14.4 Å². The Labute approximate surface area is 200 Å². The van der Waals surface area contributed by atoms with Crippen molar-refractivity contribution in [3.63, 3.8) is 0 Å². The van der Waals surface area contributed by atoms with Gasteiger partial charge in [0.2, 0.25) is 0 Å². The number of allylic oxidation sites excluding steroid dienone is 4. The van der Waals surface area contributed by atoms with Crippen molar-refractivity contribution in [2.75, 3.05) is 20.3 Å². The Morgan fingerprint density at radius 3 is 2.19 bits per heavy atom. The monoisotopic (exact) mass is 551 g/mol. The zero-order valence-electron chi connectivity index (χ0n) is 18.2. The molecule has 1 aromatic rings. The maximum atomic E-state index is 13.1. The average Bonchev–Trinajstić information content (AvgIpc) is 2.74. The molecule has 0 saturated heterocycles. The number of hydrogen-bond donors (Lipinski definition) is 1. The lowest BCUT2D eigenvalue weighted by Crippen LogP contribution is -2.37. The van der Waals surface area contributed by atoms with Gasteiger partial charge in [0.25, 0.3) is 0 Å². The van der Waals surface area contributed by atoms with Crippen molar-refractivity contribution in [2.45, 2.75) is 51.4 Å². The molecule has 0 atom stereocenters. The van der Waals surface area contributed by atoms with E-state index >= 15 is 0 Å². The van der Waals surface area contributed by atoms with E-state index in [1.165, 1.54) is 0 Å². The third kappa shape index (κ3) is 4.04. The summed E-state index contributed by atoms with van der Waals surface area (Å²) in [7, 11) is 1.97. The first-order valence-corrected chi connectivity index (χ1v) is 12.0. The summed E-state index contributed by atoms with van der Waals surface area (Å²) >= 11 is 2.09. The van der Waals surface area contributed by atoms with Crippen molar-refractivity contribution in [3.05, 3.63) is 43.8 Å². The smallest absolute Gasteiger partial charge is 0.341 e. The predicted molar refractivity (Wildman–Crippen MR) is 126 cm³/mol. The van der Waals surface area contributed by atoms with Gasteiger partial charge in [-0.2, -0.15) is 0 Å². The molecule has 4 rings (SSSR count). The van der Waals surface area contributed by atoms with E-state index in [2.05, 4.69) is 27.5 Å². The van der Waals surface area contributed by atoms with Gasteiger partial charge in [0.15, 0.2) is 29.7 Å². The summed E-state index contributed by atoms with van der Waals surface area (Å²) in [5.74, 6) is -0.546. The second-order valence-corrected chi connectivity index (χ2v) is 9.37. The normalized spacial score (nSPS) is 19.2. The number of ether oxygens (including phenoxy) is 2. The van der Waals surface area contributed by atoms with Crippen molar-refractivity contribution in [3.8, 4) is 11.5 Å². The van der Waals surface area contributed by atoms with Crippen molar-refractivity contribution in [1.29, 1.82) is 0 Å². The van der Waals surface area contributed by atoms with E-state index < -0.39 is 18.5 Å². The van der Waals surface area contributed by atoms with E-state index in [0.29, 0.717) is 45.7 Å². The Morgan fingerprint density at radius 2 is 1.66 bits per heavy atom. The van der Waals surface area contributed by atoms with Crippen molar-refractivity contribution in [2.24, 2.45) is 0 Å². The number of hydrogen-bond acceptors (Lipinski definition) is 6. The molecule has 1 aliphatic heterocycles. The molecule has 0 amide bonds. The van der Waals surface area contributed by atoms with E-state index in [1.807, 2.05) is 20.0 Å². The number of carboxylic acids is 1. The average molecular weight is 551 g/mol. The molecular formula is C24H26INO6. The molecule has 1 N–H and O–H groups in total. The molecule has 1 heterocycles. The van der Waals surface area contributed by atoms with Crippen molar-refractivity contribution < 1.29 is 29.0 Å². The number of nitrogens with zero attached hydrogens (tertiary/aromatic N) is 1. The molecule has 2 aliphatic carbocycles. The minimum Gasteiger partial charge on any atom is -0.490 e. The van der Waals surface area contributed by atoms with Gasteiger partial charge in [0.1, 0.15) is 0 Å². The summed E-state index contributed by atoms with van der Waals surface area (Å²) in [5, 5.41) is 9.03. The van der Waals surface area contributed by atoms with Crippen LogP contribution < -0.4 is 9.47 Å². The van der Waals surface area contributed by atoms with E-state index in [1.54, 1.807) is 6.07 Å². The maximum Gasteiger partial charge on any atom is 0.341 e. The molecule has 0 fully saturated rings. The highest BCUT2D eigenvalue weighted by Crippen LogP contribution is 2.50. The number of aliphatic carboxylic acids is 1. The lowest BCUT2D eigenvalue weighted by Gasteiger charge is -2.42. The zero-order valence-corrected chi connectivity index (χ0v) is 20.4. The minimum atomic E-state index is -1.08. The van der Waals surface area contributed by atoms with Gasteiger partial charge in [-0.1, -0.05) is 0 Å². The fraction of sp³-hybridized carbons (Fsp3) is 0.458. The molecule has 7 nitrogen and oxygen atoms in total. The first kappa shape index (κ1) is 22.8. The molecule has 0 bridgehead atoms. The summed E-state index contributed by atoms with van der Waals surface area (Å²) in [6.45, 7) is 1.73. The zero-order chi connectivity index (χ0) is 23.0. The number of ketones is 2. The number of rotatable bonds is 6. The predicted octanol–water partition coefficient (Wildman–Crippen LogP) is 4.20. The lowest BCUT2D eigenvalue weighted by molar-refractivity contribution is -0.139. The molecule has 170 valence electrons. The molecule has 0 radical (unpaired) electrons. The first-order chi connectivity index (χ1) is 15.3. The first-order valence-electron chi connectivity index (χ1n) is 10.9. The molecule has 0 unspecified atom stereocenters. The lowest BCUT2D eigenvalue weighted by atomic mass is 9.71. The van der Waals surface area contributed by atoms with Gasteiger partial charge in [-0.3, -0.25) is 9.59 Å². The topological polar surface area (TPSA) is 93.1 Å². The SMILES string of the molecule is CCOc1cc(C2C3=C(CCCC3=O)N(C)C3=C2C(=O)CCC3)cc(I)c1OCC(=O)O. The van der Waals surface area contributed by atoms with Gasteiger partial charge in [-0.25, -0.2) is 4.79 Å². The quantitative estimate of drug-likeness (QED) is 0.530. The van der Waals surface area contributed by atoms with Gasteiger partial charge in [0.05, 0.1) is 10.2 Å². The minimum absolute atomic E-state index is 0.0900. The highest BCUT2D eigenvalue weighted by Gasteiger charge is 2.42. The summed E-state index contributed by atoms with van der Waals surface area (Å²) < 4.78 is 12.0. The number of Topliss-reactive ketones (excluding diaryl/α,β-unsaturated/α-hetero) is 2. The Bertz CT molecular complexity index is 1010.